The van der Waals surface area contributed by atoms with E-state index in [1.807, 2.05) is 0 Å². The molecule has 0 aliphatic carbocycles. The van der Waals surface area contributed by atoms with E-state index in [0.717, 1.165) is 11.1 Å². The lowest BCUT2D eigenvalue weighted by Crippen LogP contribution is -2.32. The highest BCUT2D eigenvalue weighted by Gasteiger charge is 2.29. The Bertz CT molecular complexity index is 836. The van der Waals surface area contributed by atoms with Crippen LogP contribution in [0.25, 0.3) is 0 Å². The van der Waals surface area contributed by atoms with Gasteiger partial charge in [0.15, 0.2) is 0 Å². The molecule has 148 valence electrons. The molecule has 0 bridgehead atoms. The number of benzene rings is 2. The molecule has 9 heteroatoms. The number of carboxylic acid groups (broad SMARTS) is 1. The van der Waals surface area contributed by atoms with Gasteiger partial charge in [0.25, 0.3) is 5.91 Å². The second-order valence-electron chi connectivity index (χ2n) is 6.20. The van der Waals surface area contributed by atoms with Crippen molar-refractivity contribution in [1.29, 1.82) is 0 Å². The number of aliphatic carboxylic acids is 1. The number of urea groups is 1. The zero-order valence-electron chi connectivity index (χ0n) is 14.8. The maximum absolute atomic E-state index is 11.2. The molecule has 28 heavy (non-hydrogen) atoms. The second kappa shape index (κ2) is 9.38. The summed E-state index contributed by atoms with van der Waals surface area (Å²) >= 11 is 0. The van der Waals surface area contributed by atoms with Crippen molar-refractivity contribution in [3.05, 3.63) is 59.7 Å². The first-order chi connectivity index (χ1) is 13.2. The highest BCUT2D eigenvalue weighted by Crippen LogP contribution is 2.12. The Balaban J connectivity index is 0.000000203. The first kappa shape index (κ1) is 20.7. The van der Waals surface area contributed by atoms with E-state index in [0.29, 0.717) is 6.42 Å². The number of carbonyl (C=O) groups is 3. The van der Waals surface area contributed by atoms with Crippen molar-refractivity contribution in [3.63, 3.8) is 0 Å². The number of amides is 3. The SMILES string of the molecule is N[C@H](Cc1ccc(O)cc1)C(=O)O.O=C1NC(=O)C(Cc2ccc(O)cc2)N1. The molecule has 3 amide bonds. The summed E-state index contributed by atoms with van der Waals surface area (Å²) in [4.78, 5) is 32.4. The molecular weight excluding hydrogens is 366 g/mol. The zero-order valence-corrected chi connectivity index (χ0v) is 14.8. The van der Waals surface area contributed by atoms with Crippen molar-refractivity contribution in [3.8, 4) is 11.5 Å². The van der Waals surface area contributed by atoms with Gasteiger partial charge >= 0.3 is 12.0 Å². The summed E-state index contributed by atoms with van der Waals surface area (Å²) in [6.45, 7) is 0. The lowest BCUT2D eigenvalue weighted by atomic mass is 10.1. The van der Waals surface area contributed by atoms with Gasteiger partial charge in [0.1, 0.15) is 23.6 Å². The van der Waals surface area contributed by atoms with E-state index >= 15 is 0 Å². The summed E-state index contributed by atoms with van der Waals surface area (Å²) in [7, 11) is 0. The van der Waals surface area contributed by atoms with Crippen LogP contribution in [0.15, 0.2) is 48.5 Å². The van der Waals surface area contributed by atoms with Gasteiger partial charge in [0, 0.05) is 6.42 Å². The molecule has 3 rings (SSSR count). The second-order valence-corrected chi connectivity index (χ2v) is 6.20. The molecule has 9 nitrogen and oxygen atoms in total. The minimum Gasteiger partial charge on any atom is -0.508 e. The van der Waals surface area contributed by atoms with E-state index in [2.05, 4.69) is 10.6 Å². The molecule has 7 N–H and O–H groups in total. The zero-order chi connectivity index (χ0) is 20.7. The number of rotatable bonds is 5. The summed E-state index contributed by atoms with van der Waals surface area (Å²) in [5.74, 6) is -0.993. The largest absolute Gasteiger partial charge is 0.508 e. The molecule has 2 aromatic rings. The number of hydrogen-bond donors (Lipinski definition) is 6. The third-order valence-electron chi connectivity index (χ3n) is 3.94. The number of hydrogen-bond acceptors (Lipinski definition) is 6. The summed E-state index contributed by atoms with van der Waals surface area (Å²) in [5.41, 5.74) is 7.01. The highest BCUT2D eigenvalue weighted by molar-refractivity contribution is 6.04. The molecular formula is C19H21N3O6. The standard InChI is InChI=1S/C10H10N2O3.C9H11NO3/c13-7-3-1-6(2-4-7)5-8-9(14)12-10(15)11-8;10-8(9(12)13)5-6-1-3-7(11)4-2-6/h1-4,8,13H,5H2,(H2,11,12,14,15);1-4,8,11H,5,10H2,(H,12,13)/t;8-/m.1/s1. The molecule has 2 atom stereocenters. The van der Waals surface area contributed by atoms with E-state index in [4.69, 9.17) is 21.1 Å². The van der Waals surface area contributed by atoms with Gasteiger partial charge in [-0.15, -0.1) is 0 Å². The van der Waals surface area contributed by atoms with Crippen molar-refractivity contribution in [2.75, 3.05) is 0 Å². The van der Waals surface area contributed by atoms with E-state index in [9.17, 15) is 14.4 Å². The van der Waals surface area contributed by atoms with Crippen LogP contribution in [0.1, 0.15) is 11.1 Å². The van der Waals surface area contributed by atoms with Crippen LogP contribution < -0.4 is 16.4 Å². The van der Waals surface area contributed by atoms with Crippen LogP contribution in [0.4, 0.5) is 4.79 Å². The molecule has 1 fully saturated rings. The van der Waals surface area contributed by atoms with Crippen LogP contribution in [-0.2, 0) is 22.4 Å². The average Bonchev–Trinajstić information content (AvgIpc) is 2.96. The predicted molar refractivity (Wildman–Crippen MR) is 99.7 cm³/mol. The number of phenolic OH excluding ortho intramolecular Hbond substituents is 2. The Hall–Kier alpha value is -3.59. The van der Waals surface area contributed by atoms with Gasteiger partial charge in [-0.05, 0) is 41.8 Å². The quantitative estimate of drug-likeness (QED) is 0.407. The van der Waals surface area contributed by atoms with Gasteiger partial charge in [-0.2, -0.15) is 0 Å². The number of phenols is 2. The average molecular weight is 387 g/mol. The molecule has 1 unspecified atom stereocenters. The number of carbonyl (C=O) groups excluding carboxylic acids is 2. The predicted octanol–water partition coefficient (Wildman–Crippen LogP) is 0.489. The minimum absolute atomic E-state index is 0.160. The number of nitrogens with one attached hydrogen (secondary N) is 2. The molecule has 2 aromatic carbocycles. The fraction of sp³-hybridized carbons (Fsp3) is 0.211. The number of carboxylic acids is 1. The molecule has 1 aliphatic rings. The Kier molecular flexibility index (Phi) is 6.94. The fourth-order valence-electron chi connectivity index (χ4n) is 2.44. The highest BCUT2D eigenvalue weighted by atomic mass is 16.4. The minimum atomic E-state index is -1.02. The number of imide groups is 1. The van der Waals surface area contributed by atoms with E-state index < -0.39 is 24.1 Å². The third kappa shape index (κ3) is 6.29. The lowest BCUT2D eigenvalue weighted by Gasteiger charge is -2.06. The first-order valence-corrected chi connectivity index (χ1v) is 8.40. The summed E-state index contributed by atoms with van der Waals surface area (Å²) in [6.07, 6.45) is 0.702. The smallest absolute Gasteiger partial charge is 0.322 e. The van der Waals surface area contributed by atoms with Crippen molar-refractivity contribution < 1.29 is 29.7 Å². The van der Waals surface area contributed by atoms with E-state index in [1.54, 1.807) is 36.4 Å². The Morgan fingerprint density at radius 3 is 1.89 bits per heavy atom. The fourth-order valence-corrected chi connectivity index (χ4v) is 2.44. The Morgan fingerprint density at radius 2 is 1.46 bits per heavy atom. The maximum Gasteiger partial charge on any atom is 0.322 e. The maximum atomic E-state index is 11.2. The molecule has 1 aliphatic heterocycles. The third-order valence-corrected chi connectivity index (χ3v) is 3.94. The van der Waals surface area contributed by atoms with Crippen LogP contribution in [0.5, 0.6) is 11.5 Å². The van der Waals surface area contributed by atoms with Crippen LogP contribution >= 0.6 is 0 Å². The Morgan fingerprint density at radius 1 is 0.964 bits per heavy atom. The van der Waals surface area contributed by atoms with Crippen LogP contribution in [0.3, 0.4) is 0 Å². The number of nitrogens with two attached hydrogens (primary N) is 1. The van der Waals surface area contributed by atoms with Crippen molar-refractivity contribution in [1.82, 2.24) is 10.6 Å². The van der Waals surface area contributed by atoms with Gasteiger partial charge in [-0.25, -0.2) is 4.79 Å². The lowest BCUT2D eigenvalue weighted by molar-refractivity contribution is -0.138. The van der Waals surface area contributed by atoms with E-state index in [-0.39, 0.29) is 23.8 Å². The normalized spacial score (nSPS) is 16.4. The van der Waals surface area contributed by atoms with Gasteiger partial charge in [0.2, 0.25) is 0 Å². The topological polar surface area (TPSA) is 162 Å². The molecule has 1 saturated heterocycles. The first-order valence-electron chi connectivity index (χ1n) is 8.40. The summed E-state index contributed by atoms with van der Waals surface area (Å²) < 4.78 is 0. The van der Waals surface area contributed by atoms with Gasteiger partial charge in [-0.1, -0.05) is 24.3 Å². The molecule has 1 heterocycles. The van der Waals surface area contributed by atoms with E-state index in [1.165, 1.54) is 12.1 Å². The Labute approximate surface area is 160 Å². The van der Waals surface area contributed by atoms with Crippen LogP contribution in [0.2, 0.25) is 0 Å². The van der Waals surface area contributed by atoms with Crippen molar-refractivity contribution in [2.24, 2.45) is 5.73 Å². The van der Waals surface area contributed by atoms with Crippen molar-refractivity contribution >= 4 is 17.9 Å². The molecule has 0 aromatic heterocycles. The monoisotopic (exact) mass is 387 g/mol. The molecule has 0 spiro atoms. The van der Waals surface area contributed by atoms with Crippen LogP contribution in [-0.4, -0.2) is 45.3 Å². The van der Waals surface area contributed by atoms with Crippen molar-refractivity contribution in [2.45, 2.75) is 24.9 Å². The molecule has 0 radical (unpaired) electrons. The van der Waals surface area contributed by atoms with Gasteiger partial charge < -0.3 is 26.4 Å². The van der Waals surface area contributed by atoms with Gasteiger partial charge in [-0.3, -0.25) is 14.9 Å². The summed E-state index contributed by atoms with van der Waals surface area (Å²) in [6, 6.07) is 11.0. The van der Waals surface area contributed by atoms with Crippen LogP contribution in [0, 0.1) is 0 Å². The summed E-state index contributed by atoms with van der Waals surface area (Å²) in [5, 5.41) is 31.2. The molecule has 0 saturated carbocycles. The number of aromatic hydroxyl groups is 2. The van der Waals surface area contributed by atoms with Gasteiger partial charge in [0.05, 0.1) is 0 Å².